The maximum Gasteiger partial charge on any atom is 0.228 e. The highest BCUT2D eigenvalue weighted by atomic mass is 16.5. The van der Waals surface area contributed by atoms with Crippen molar-refractivity contribution in [1.82, 2.24) is 4.90 Å². The van der Waals surface area contributed by atoms with Gasteiger partial charge in [0.05, 0.1) is 24.7 Å². The summed E-state index contributed by atoms with van der Waals surface area (Å²) in [6.45, 7) is 5.10. The molecule has 17 heavy (non-hydrogen) atoms. The average molecular weight is 242 g/mol. The molecule has 0 aliphatic carbocycles. The highest BCUT2D eigenvalue weighted by Gasteiger charge is 2.32. The molecule has 0 saturated carbocycles. The molecule has 2 saturated heterocycles. The van der Waals surface area contributed by atoms with E-state index in [0.29, 0.717) is 26.2 Å². The third-order valence-corrected chi connectivity index (χ3v) is 3.41. The lowest BCUT2D eigenvalue weighted by atomic mass is 10.00. The smallest absolute Gasteiger partial charge is 0.228 e. The van der Waals surface area contributed by atoms with Crippen LogP contribution >= 0.6 is 0 Å². The Bertz CT molecular complexity index is 266. The monoisotopic (exact) mass is 242 g/mol. The van der Waals surface area contributed by atoms with E-state index < -0.39 is 0 Å². The van der Waals surface area contributed by atoms with E-state index in [9.17, 15) is 4.79 Å². The molecule has 5 nitrogen and oxygen atoms in total. The number of hydrogen-bond acceptors (Lipinski definition) is 4. The molecule has 3 atom stereocenters. The van der Waals surface area contributed by atoms with Gasteiger partial charge in [0.1, 0.15) is 0 Å². The number of ether oxygens (including phenoxy) is 2. The summed E-state index contributed by atoms with van der Waals surface area (Å²) < 4.78 is 11.0. The van der Waals surface area contributed by atoms with E-state index in [-0.39, 0.29) is 24.0 Å². The van der Waals surface area contributed by atoms with Crippen molar-refractivity contribution in [2.45, 2.75) is 32.0 Å². The van der Waals surface area contributed by atoms with Crippen LogP contribution in [-0.2, 0) is 14.3 Å². The molecule has 3 unspecified atom stereocenters. The van der Waals surface area contributed by atoms with Crippen molar-refractivity contribution >= 4 is 5.91 Å². The van der Waals surface area contributed by atoms with E-state index in [0.717, 1.165) is 19.4 Å². The number of nitrogens with zero attached hydrogens (tertiary/aromatic N) is 1. The standard InChI is InChI=1S/C12H22N2O3/c1-9-6-14(7-11(5-13)17-9)12(15)10-3-2-4-16-8-10/h9-11H,2-8,13H2,1H3. The van der Waals surface area contributed by atoms with Crippen LogP contribution in [0.2, 0.25) is 0 Å². The Kier molecular flexibility index (Phi) is 4.36. The van der Waals surface area contributed by atoms with E-state index in [1.165, 1.54) is 0 Å². The maximum absolute atomic E-state index is 12.3. The Morgan fingerprint density at radius 3 is 2.94 bits per heavy atom. The Labute approximate surface area is 102 Å². The van der Waals surface area contributed by atoms with Gasteiger partial charge in [-0.1, -0.05) is 0 Å². The molecule has 0 aromatic carbocycles. The summed E-state index contributed by atoms with van der Waals surface area (Å²) >= 11 is 0. The fourth-order valence-electron chi connectivity index (χ4n) is 2.55. The normalized spacial score (nSPS) is 34.7. The Balaban J connectivity index is 1.93. The van der Waals surface area contributed by atoms with Gasteiger partial charge in [-0.2, -0.15) is 0 Å². The first-order valence-corrected chi connectivity index (χ1v) is 6.42. The van der Waals surface area contributed by atoms with Crippen LogP contribution in [0, 0.1) is 5.92 Å². The molecule has 0 aromatic heterocycles. The van der Waals surface area contributed by atoms with E-state index >= 15 is 0 Å². The van der Waals surface area contributed by atoms with E-state index in [2.05, 4.69) is 0 Å². The quantitative estimate of drug-likeness (QED) is 0.739. The van der Waals surface area contributed by atoms with Gasteiger partial charge < -0.3 is 20.1 Å². The summed E-state index contributed by atoms with van der Waals surface area (Å²) in [5.74, 6) is 0.241. The van der Waals surface area contributed by atoms with Crippen molar-refractivity contribution in [2.24, 2.45) is 11.7 Å². The molecule has 0 spiro atoms. The van der Waals surface area contributed by atoms with Crippen LogP contribution in [0.3, 0.4) is 0 Å². The summed E-state index contributed by atoms with van der Waals surface area (Å²) in [5, 5.41) is 0. The van der Waals surface area contributed by atoms with Gasteiger partial charge in [0.25, 0.3) is 0 Å². The molecule has 98 valence electrons. The maximum atomic E-state index is 12.3. The number of nitrogens with two attached hydrogens (primary N) is 1. The first-order chi connectivity index (χ1) is 8.20. The van der Waals surface area contributed by atoms with Crippen LogP contribution in [0.1, 0.15) is 19.8 Å². The number of morpholine rings is 1. The van der Waals surface area contributed by atoms with Crippen LogP contribution in [-0.4, -0.2) is 55.9 Å². The Hall–Kier alpha value is -0.650. The zero-order chi connectivity index (χ0) is 12.3. The van der Waals surface area contributed by atoms with Crippen molar-refractivity contribution in [1.29, 1.82) is 0 Å². The molecular weight excluding hydrogens is 220 g/mol. The first-order valence-electron chi connectivity index (χ1n) is 6.42. The summed E-state index contributed by atoms with van der Waals surface area (Å²) in [5.41, 5.74) is 5.62. The van der Waals surface area contributed by atoms with Crippen LogP contribution < -0.4 is 5.73 Å². The number of rotatable bonds is 2. The minimum absolute atomic E-state index is 0.0211. The first kappa shape index (κ1) is 12.8. The molecule has 0 aromatic rings. The molecule has 0 radical (unpaired) electrons. The lowest BCUT2D eigenvalue weighted by molar-refractivity contribution is -0.151. The predicted octanol–water partition coefficient (Wildman–Crippen LogP) is -0.0124. The molecule has 2 rings (SSSR count). The molecule has 0 bridgehead atoms. The van der Waals surface area contributed by atoms with Gasteiger partial charge in [-0.15, -0.1) is 0 Å². The van der Waals surface area contributed by atoms with Gasteiger partial charge in [-0.05, 0) is 19.8 Å². The number of amides is 1. The van der Waals surface area contributed by atoms with Crippen LogP contribution in [0.5, 0.6) is 0 Å². The second-order valence-electron chi connectivity index (χ2n) is 4.96. The van der Waals surface area contributed by atoms with Crippen molar-refractivity contribution in [3.8, 4) is 0 Å². The van der Waals surface area contributed by atoms with Gasteiger partial charge >= 0.3 is 0 Å². The SMILES string of the molecule is CC1CN(C(=O)C2CCCOC2)CC(CN)O1. The van der Waals surface area contributed by atoms with Gasteiger partial charge in [0, 0.05) is 26.2 Å². The van der Waals surface area contributed by atoms with E-state index in [1.807, 2.05) is 11.8 Å². The summed E-state index contributed by atoms with van der Waals surface area (Å²) in [4.78, 5) is 14.2. The highest BCUT2D eigenvalue weighted by molar-refractivity contribution is 5.79. The second-order valence-corrected chi connectivity index (χ2v) is 4.96. The highest BCUT2D eigenvalue weighted by Crippen LogP contribution is 2.19. The molecule has 1 amide bonds. The van der Waals surface area contributed by atoms with E-state index in [4.69, 9.17) is 15.2 Å². The summed E-state index contributed by atoms with van der Waals surface area (Å²) in [6, 6.07) is 0. The van der Waals surface area contributed by atoms with Crippen LogP contribution in [0.4, 0.5) is 0 Å². The molecule has 2 N–H and O–H groups in total. The number of carbonyl (C=O) groups is 1. The van der Waals surface area contributed by atoms with Crippen molar-refractivity contribution < 1.29 is 14.3 Å². The Morgan fingerprint density at radius 2 is 2.29 bits per heavy atom. The molecule has 5 heteroatoms. The molecule has 2 heterocycles. The number of hydrogen-bond donors (Lipinski definition) is 1. The van der Waals surface area contributed by atoms with Crippen LogP contribution in [0.15, 0.2) is 0 Å². The molecule has 2 aliphatic rings. The predicted molar refractivity (Wildman–Crippen MR) is 63.5 cm³/mol. The summed E-state index contributed by atoms with van der Waals surface area (Å²) in [7, 11) is 0. The molecule has 2 aliphatic heterocycles. The molecule has 2 fully saturated rings. The van der Waals surface area contributed by atoms with Crippen molar-refractivity contribution in [3.05, 3.63) is 0 Å². The van der Waals surface area contributed by atoms with E-state index in [1.54, 1.807) is 0 Å². The zero-order valence-electron chi connectivity index (χ0n) is 10.4. The van der Waals surface area contributed by atoms with Gasteiger partial charge in [0.15, 0.2) is 0 Å². The fourth-order valence-corrected chi connectivity index (χ4v) is 2.55. The fraction of sp³-hybridized carbons (Fsp3) is 0.917. The van der Waals surface area contributed by atoms with Crippen molar-refractivity contribution in [3.63, 3.8) is 0 Å². The summed E-state index contributed by atoms with van der Waals surface area (Å²) in [6.07, 6.45) is 1.98. The lowest BCUT2D eigenvalue weighted by Gasteiger charge is -2.38. The zero-order valence-corrected chi connectivity index (χ0v) is 10.4. The minimum atomic E-state index is -0.0211. The largest absolute Gasteiger partial charge is 0.381 e. The number of carbonyl (C=O) groups excluding carboxylic acids is 1. The lowest BCUT2D eigenvalue weighted by Crippen LogP contribution is -2.53. The minimum Gasteiger partial charge on any atom is -0.381 e. The topological polar surface area (TPSA) is 64.8 Å². The Morgan fingerprint density at radius 1 is 1.47 bits per heavy atom. The van der Waals surface area contributed by atoms with Gasteiger partial charge in [-0.3, -0.25) is 4.79 Å². The van der Waals surface area contributed by atoms with Gasteiger partial charge in [-0.25, -0.2) is 0 Å². The third-order valence-electron chi connectivity index (χ3n) is 3.41. The third kappa shape index (κ3) is 3.18. The second kappa shape index (κ2) is 5.80. The van der Waals surface area contributed by atoms with Crippen LogP contribution in [0.25, 0.3) is 0 Å². The average Bonchev–Trinajstić information content (AvgIpc) is 2.38. The molecular formula is C12H22N2O3. The van der Waals surface area contributed by atoms with Gasteiger partial charge in [0.2, 0.25) is 5.91 Å². The van der Waals surface area contributed by atoms with Crippen molar-refractivity contribution in [2.75, 3.05) is 32.8 Å².